The highest BCUT2D eigenvalue weighted by atomic mass is 15.5. The summed E-state index contributed by atoms with van der Waals surface area (Å²) < 4.78 is 0. The molecule has 0 bridgehead atoms. The smallest absolute Gasteiger partial charge is 0.0964 e. The van der Waals surface area contributed by atoms with Gasteiger partial charge in [0.25, 0.3) is 0 Å². The highest BCUT2D eigenvalue weighted by Gasteiger charge is 2.13. The third-order valence-corrected chi connectivity index (χ3v) is 3.98. The highest BCUT2D eigenvalue weighted by Crippen LogP contribution is 2.18. The largest absolute Gasteiger partial charge is 0.334 e. The number of hydrogen-bond acceptors (Lipinski definition) is 2. The first-order valence-corrected chi connectivity index (χ1v) is 7.57. The SMILES string of the molecule is C[NH+]1CCN(/N=C\c2ccc(-c3ccccc3)cc2)CC1. The van der Waals surface area contributed by atoms with Crippen LogP contribution >= 0.6 is 0 Å². The van der Waals surface area contributed by atoms with Gasteiger partial charge < -0.3 is 4.90 Å². The van der Waals surface area contributed by atoms with Gasteiger partial charge in [-0.25, -0.2) is 0 Å². The van der Waals surface area contributed by atoms with Gasteiger partial charge in [0.1, 0.15) is 0 Å². The van der Waals surface area contributed by atoms with E-state index in [9.17, 15) is 0 Å². The normalized spacial score (nSPS) is 16.5. The van der Waals surface area contributed by atoms with Crippen LogP contribution in [0.1, 0.15) is 5.56 Å². The summed E-state index contributed by atoms with van der Waals surface area (Å²) >= 11 is 0. The maximum atomic E-state index is 4.59. The highest BCUT2D eigenvalue weighted by molar-refractivity contribution is 5.80. The molecule has 1 aliphatic heterocycles. The van der Waals surface area contributed by atoms with E-state index >= 15 is 0 Å². The second kappa shape index (κ2) is 6.55. The molecule has 0 amide bonds. The van der Waals surface area contributed by atoms with Crippen LogP contribution in [0.15, 0.2) is 59.7 Å². The zero-order valence-electron chi connectivity index (χ0n) is 12.5. The first kappa shape index (κ1) is 13.8. The van der Waals surface area contributed by atoms with Crippen molar-refractivity contribution < 1.29 is 4.90 Å². The molecular formula is C18H22N3+. The van der Waals surface area contributed by atoms with E-state index < -0.39 is 0 Å². The Morgan fingerprint density at radius 3 is 2.19 bits per heavy atom. The summed E-state index contributed by atoms with van der Waals surface area (Å²) in [4.78, 5) is 1.59. The van der Waals surface area contributed by atoms with Gasteiger partial charge in [0, 0.05) is 0 Å². The molecule has 0 saturated carbocycles. The molecule has 0 spiro atoms. The average molecular weight is 280 g/mol. The fourth-order valence-electron chi connectivity index (χ4n) is 2.53. The van der Waals surface area contributed by atoms with Gasteiger partial charge in [0.15, 0.2) is 0 Å². The average Bonchev–Trinajstić information content (AvgIpc) is 2.56. The molecule has 3 nitrogen and oxygen atoms in total. The van der Waals surface area contributed by atoms with Gasteiger partial charge in [0.2, 0.25) is 0 Å². The first-order chi connectivity index (χ1) is 10.3. The van der Waals surface area contributed by atoms with Gasteiger partial charge in [-0.2, -0.15) is 5.10 Å². The number of quaternary nitrogens is 1. The van der Waals surface area contributed by atoms with Gasteiger partial charge in [0.05, 0.1) is 39.4 Å². The second-order valence-electron chi connectivity index (χ2n) is 5.64. The molecule has 2 aromatic carbocycles. The second-order valence-corrected chi connectivity index (χ2v) is 5.64. The van der Waals surface area contributed by atoms with Crippen LogP contribution in [0.3, 0.4) is 0 Å². The van der Waals surface area contributed by atoms with Crippen LogP contribution in [0, 0.1) is 0 Å². The molecular weight excluding hydrogens is 258 g/mol. The van der Waals surface area contributed by atoms with E-state index in [4.69, 9.17) is 0 Å². The van der Waals surface area contributed by atoms with Crippen molar-refractivity contribution in [3.05, 3.63) is 60.2 Å². The lowest BCUT2D eigenvalue weighted by Gasteiger charge is -2.27. The molecule has 0 aromatic heterocycles. The number of rotatable bonds is 3. The summed E-state index contributed by atoms with van der Waals surface area (Å²) in [5.74, 6) is 0. The lowest BCUT2D eigenvalue weighted by Crippen LogP contribution is -3.11. The van der Waals surface area contributed by atoms with Gasteiger partial charge in [-0.1, -0.05) is 54.6 Å². The van der Waals surface area contributed by atoms with Crippen molar-refractivity contribution >= 4 is 6.21 Å². The van der Waals surface area contributed by atoms with Crippen LogP contribution < -0.4 is 4.90 Å². The standard InChI is InChI=1S/C18H21N3/c1-20-11-13-21(14-12-20)19-15-16-7-9-18(10-8-16)17-5-3-2-4-6-17/h2-10,15H,11-14H2,1H3/p+1/b19-15-. The number of benzene rings is 2. The molecule has 108 valence electrons. The topological polar surface area (TPSA) is 20.0 Å². The lowest BCUT2D eigenvalue weighted by molar-refractivity contribution is -0.884. The molecule has 0 unspecified atom stereocenters. The number of nitrogens with one attached hydrogen (secondary N) is 1. The van der Waals surface area contributed by atoms with Gasteiger partial charge >= 0.3 is 0 Å². The van der Waals surface area contributed by atoms with E-state index in [1.54, 1.807) is 4.90 Å². The third kappa shape index (κ3) is 3.70. The Balaban J connectivity index is 1.65. The van der Waals surface area contributed by atoms with E-state index in [0.29, 0.717) is 0 Å². The van der Waals surface area contributed by atoms with Crippen molar-refractivity contribution in [1.29, 1.82) is 0 Å². The van der Waals surface area contributed by atoms with E-state index in [2.05, 4.69) is 65.7 Å². The maximum absolute atomic E-state index is 4.59. The van der Waals surface area contributed by atoms with E-state index in [-0.39, 0.29) is 0 Å². The van der Waals surface area contributed by atoms with Crippen molar-refractivity contribution in [2.24, 2.45) is 5.10 Å². The molecule has 21 heavy (non-hydrogen) atoms. The molecule has 3 heteroatoms. The monoisotopic (exact) mass is 280 g/mol. The molecule has 1 heterocycles. The van der Waals surface area contributed by atoms with Crippen molar-refractivity contribution in [3.8, 4) is 11.1 Å². The summed E-state index contributed by atoms with van der Waals surface area (Å²) in [6.07, 6.45) is 1.97. The summed E-state index contributed by atoms with van der Waals surface area (Å²) in [5, 5.41) is 6.75. The van der Waals surface area contributed by atoms with Crippen LogP contribution in [-0.4, -0.2) is 44.5 Å². The first-order valence-electron chi connectivity index (χ1n) is 7.57. The number of nitrogens with zero attached hydrogens (tertiary/aromatic N) is 2. The molecule has 3 rings (SSSR count). The molecule has 1 saturated heterocycles. The zero-order chi connectivity index (χ0) is 14.5. The Morgan fingerprint density at radius 1 is 0.905 bits per heavy atom. The van der Waals surface area contributed by atoms with E-state index in [1.165, 1.54) is 24.2 Å². The van der Waals surface area contributed by atoms with Crippen molar-refractivity contribution in [2.45, 2.75) is 0 Å². The van der Waals surface area contributed by atoms with E-state index in [1.807, 2.05) is 12.3 Å². The van der Waals surface area contributed by atoms with Gasteiger partial charge in [-0.05, 0) is 16.7 Å². The van der Waals surface area contributed by atoms with Gasteiger partial charge in [-0.15, -0.1) is 0 Å². The number of hydrazone groups is 1. The minimum atomic E-state index is 1.05. The quantitative estimate of drug-likeness (QED) is 0.845. The number of piperazine rings is 1. The summed E-state index contributed by atoms with van der Waals surface area (Å²) in [7, 11) is 2.24. The molecule has 1 fully saturated rings. The number of hydrogen-bond donors (Lipinski definition) is 1. The predicted molar refractivity (Wildman–Crippen MR) is 87.7 cm³/mol. The minimum Gasteiger partial charge on any atom is -0.334 e. The minimum absolute atomic E-state index is 1.05. The summed E-state index contributed by atoms with van der Waals surface area (Å²) in [5.41, 5.74) is 3.65. The Kier molecular flexibility index (Phi) is 4.31. The Morgan fingerprint density at radius 2 is 1.52 bits per heavy atom. The Labute approximate surface area is 126 Å². The Hall–Kier alpha value is -2.13. The predicted octanol–water partition coefficient (Wildman–Crippen LogP) is 1.52. The summed E-state index contributed by atoms with van der Waals surface area (Å²) in [6.45, 7) is 4.43. The van der Waals surface area contributed by atoms with Gasteiger partial charge in [-0.3, -0.25) is 5.01 Å². The zero-order valence-corrected chi connectivity index (χ0v) is 12.5. The van der Waals surface area contributed by atoms with Crippen molar-refractivity contribution in [1.82, 2.24) is 5.01 Å². The Bertz CT molecular complexity index is 582. The van der Waals surface area contributed by atoms with Crippen LogP contribution in [0.2, 0.25) is 0 Å². The summed E-state index contributed by atoms with van der Waals surface area (Å²) in [6, 6.07) is 19.0. The lowest BCUT2D eigenvalue weighted by atomic mass is 10.0. The van der Waals surface area contributed by atoms with E-state index in [0.717, 1.165) is 18.7 Å². The molecule has 0 atom stereocenters. The molecule has 2 aromatic rings. The fourth-order valence-corrected chi connectivity index (χ4v) is 2.53. The van der Waals surface area contributed by atoms with Crippen LogP contribution in [0.5, 0.6) is 0 Å². The maximum Gasteiger partial charge on any atom is 0.0964 e. The molecule has 0 aliphatic carbocycles. The molecule has 0 radical (unpaired) electrons. The number of likely N-dealkylation sites (N-methyl/N-ethyl adjacent to an activating group) is 1. The van der Waals surface area contributed by atoms with Crippen LogP contribution in [0.25, 0.3) is 11.1 Å². The van der Waals surface area contributed by atoms with Crippen LogP contribution in [0.4, 0.5) is 0 Å². The fraction of sp³-hybridized carbons (Fsp3) is 0.278. The third-order valence-electron chi connectivity index (χ3n) is 3.98. The molecule has 1 aliphatic rings. The van der Waals surface area contributed by atoms with Crippen molar-refractivity contribution in [3.63, 3.8) is 0 Å². The van der Waals surface area contributed by atoms with Crippen LogP contribution in [-0.2, 0) is 0 Å². The van der Waals surface area contributed by atoms with Crippen molar-refractivity contribution in [2.75, 3.05) is 33.2 Å². The molecule has 1 N–H and O–H groups in total.